The largest absolute Gasteiger partial charge is 0.310 e. The van der Waals surface area contributed by atoms with E-state index in [1.54, 1.807) is 0 Å². The van der Waals surface area contributed by atoms with Crippen molar-refractivity contribution in [3.8, 4) is 12.3 Å². The van der Waals surface area contributed by atoms with Gasteiger partial charge in [0.15, 0.2) is 0 Å². The van der Waals surface area contributed by atoms with Gasteiger partial charge in [-0.15, -0.1) is 12.3 Å². The van der Waals surface area contributed by atoms with E-state index in [9.17, 15) is 0 Å². The van der Waals surface area contributed by atoms with Gasteiger partial charge in [0, 0.05) is 12.5 Å². The Morgan fingerprint density at radius 3 is 2.94 bits per heavy atom. The maximum Gasteiger partial charge on any atom is 0.0323 e. The van der Waals surface area contributed by atoms with Crippen molar-refractivity contribution in [2.75, 3.05) is 6.54 Å². The number of benzene rings is 1. The third kappa shape index (κ3) is 2.76. The Balaban J connectivity index is 2.09. The first kappa shape index (κ1) is 13.2. The molecule has 1 nitrogen and oxygen atoms in total. The van der Waals surface area contributed by atoms with Crippen LogP contribution in [-0.4, -0.2) is 6.54 Å². The van der Waals surface area contributed by atoms with Crippen LogP contribution in [0.5, 0.6) is 0 Å². The molecule has 0 aliphatic heterocycles. The van der Waals surface area contributed by atoms with Crippen LogP contribution in [0, 0.1) is 12.3 Å². The second-order valence-corrected chi connectivity index (χ2v) is 5.82. The molecule has 1 aromatic rings. The van der Waals surface area contributed by atoms with Gasteiger partial charge in [0.1, 0.15) is 0 Å². The number of unbranched alkanes of at least 4 members (excludes halogenated alkanes) is 1. The first-order valence-electron chi connectivity index (χ1n) is 6.91. The summed E-state index contributed by atoms with van der Waals surface area (Å²) in [5, 5.41) is 3.65. The highest BCUT2D eigenvalue weighted by Crippen LogP contribution is 2.41. The number of nitrogens with one attached hydrogen (secondary N) is 1. The molecule has 1 atom stereocenters. The molecule has 2 rings (SSSR count). The number of fused-ring (bicyclic) bond motifs is 1. The van der Waals surface area contributed by atoms with Gasteiger partial charge in [-0.25, -0.2) is 0 Å². The molecular formula is C17H23N. The van der Waals surface area contributed by atoms with Crippen LogP contribution >= 0.6 is 0 Å². The first-order chi connectivity index (χ1) is 8.65. The summed E-state index contributed by atoms with van der Waals surface area (Å²) in [6, 6.07) is 9.36. The Labute approximate surface area is 111 Å². The molecule has 0 saturated carbocycles. The smallest absolute Gasteiger partial charge is 0.0323 e. The predicted molar refractivity (Wildman–Crippen MR) is 77.5 cm³/mol. The maximum absolute atomic E-state index is 5.28. The average molecular weight is 241 g/mol. The normalized spacial score (nSPS) is 21.1. The van der Waals surface area contributed by atoms with Gasteiger partial charge in [0.05, 0.1) is 0 Å². The molecule has 1 unspecified atom stereocenters. The molecule has 0 radical (unpaired) electrons. The Morgan fingerprint density at radius 1 is 1.39 bits per heavy atom. The van der Waals surface area contributed by atoms with Crippen molar-refractivity contribution in [2.45, 2.75) is 51.0 Å². The molecule has 1 N–H and O–H groups in total. The molecule has 0 amide bonds. The van der Waals surface area contributed by atoms with E-state index in [2.05, 4.69) is 49.4 Å². The highest BCUT2D eigenvalue weighted by Gasteiger charge is 2.31. The van der Waals surface area contributed by atoms with E-state index in [1.807, 2.05) is 0 Å². The van der Waals surface area contributed by atoms with Gasteiger partial charge in [0.25, 0.3) is 0 Å². The van der Waals surface area contributed by atoms with E-state index >= 15 is 0 Å². The lowest BCUT2D eigenvalue weighted by Crippen LogP contribution is -2.33. The highest BCUT2D eigenvalue weighted by molar-refractivity contribution is 5.38. The Morgan fingerprint density at radius 2 is 2.17 bits per heavy atom. The SMILES string of the molecule is C#CCCCNC1CCC(C)(C)c2ccccc21. The number of terminal acetylenes is 1. The Bertz CT molecular complexity index is 439. The van der Waals surface area contributed by atoms with Crippen molar-refractivity contribution in [1.82, 2.24) is 5.32 Å². The molecule has 1 aromatic carbocycles. The minimum absolute atomic E-state index is 0.313. The molecule has 1 heteroatoms. The molecule has 96 valence electrons. The van der Waals surface area contributed by atoms with Crippen LogP contribution in [0.2, 0.25) is 0 Å². The van der Waals surface area contributed by atoms with Gasteiger partial charge >= 0.3 is 0 Å². The van der Waals surface area contributed by atoms with Crippen LogP contribution in [-0.2, 0) is 5.41 Å². The van der Waals surface area contributed by atoms with E-state index in [1.165, 1.54) is 24.0 Å². The molecule has 0 fully saturated rings. The maximum atomic E-state index is 5.28. The summed E-state index contributed by atoms with van der Waals surface area (Å²) >= 11 is 0. The summed E-state index contributed by atoms with van der Waals surface area (Å²) in [4.78, 5) is 0. The number of hydrogen-bond acceptors (Lipinski definition) is 1. The van der Waals surface area contributed by atoms with Gasteiger partial charge < -0.3 is 5.32 Å². The molecule has 0 bridgehead atoms. The van der Waals surface area contributed by atoms with Crippen molar-refractivity contribution in [3.63, 3.8) is 0 Å². The quantitative estimate of drug-likeness (QED) is 0.624. The zero-order valence-electron chi connectivity index (χ0n) is 11.5. The minimum Gasteiger partial charge on any atom is -0.310 e. The second-order valence-electron chi connectivity index (χ2n) is 5.82. The summed E-state index contributed by atoms with van der Waals surface area (Å²) in [6.07, 6.45) is 9.69. The Hall–Kier alpha value is -1.26. The van der Waals surface area contributed by atoms with E-state index in [0.29, 0.717) is 11.5 Å². The van der Waals surface area contributed by atoms with Gasteiger partial charge in [0.2, 0.25) is 0 Å². The standard InChI is InChI=1S/C17H23N/c1-4-5-8-13-18-16-11-12-17(2,3)15-10-7-6-9-14(15)16/h1,6-7,9-10,16,18H,5,8,11-13H2,2-3H3. The van der Waals surface area contributed by atoms with Crippen LogP contribution in [0.4, 0.5) is 0 Å². The Kier molecular flexibility index (Phi) is 4.09. The minimum atomic E-state index is 0.313. The van der Waals surface area contributed by atoms with E-state index in [0.717, 1.165) is 19.4 Å². The highest BCUT2D eigenvalue weighted by atomic mass is 14.9. The summed E-state index contributed by atoms with van der Waals surface area (Å²) in [5.41, 5.74) is 3.30. The molecular weight excluding hydrogens is 218 g/mol. The van der Waals surface area contributed by atoms with Crippen LogP contribution in [0.3, 0.4) is 0 Å². The van der Waals surface area contributed by atoms with E-state index in [4.69, 9.17) is 6.42 Å². The van der Waals surface area contributed by atoms with Crippen molar-refractivity contribution >= 4 is 0 Å². The third-order valence-electron chi connectivity index (χ3n) is 4.01. The summed E-state index contributed by atoms with van der Waals surface area (Å²) in [7, 11) is 0. The zero-order chi connectivity index (χ0) is 13.0. The fourth-order valence-electron chi connectivity index (χ4n) is 2.89. The van der Waals surface area contributed by atoms with Crippen molar-refractivity contribution in [2.24, 2.45) is 0 Å². The monoisotopic (exact) mass is 241 g/mol. The van der Waals surface area contributed by atoms with E-state index < -0.39 is 0 Å². The molecule has 0 spiro atoms. The first-order valence-corrected chi connectivity index (χ1v) is 6.91. The molecule has 0 heterocycles. The van der Waals surface area contributed by atoms with Crippen molar-refractivity contribution < 1.29 is 0 Å². The van der Waals surface area contributed by atoms with Gasteiger partial charge in [-0.05, 0) is 42.3 Å². The second kappa shape index (κ2) is 5.59. The lowest BCUT2D eigenvalue weighted by molar-refractivity contribution is 0.358. The molecule has 0 saturated heterocycles. The van der Waals surface area contributed by atoms with Crippen LogP contribution in [0.1, 0.15) is 56.7 Å². The summed E-state index contributed by atoms with van der Waals surface area (Å²) in [5.74, 6) is 2.70. The summed E-state index contributed by atoms with van der Waals surface area (Å²) < 4.78 is 0. The van der Waals surface area contributed by atoms with Gasteiger partial charge in [-0.2, -0.15) is 0 Å². The number of rotatable bonds is 4. The predicted octanol–water partition coefficient (Wildman–Crippen LogP) is 3.80. The molecule has 1 aliphatic rings. The fourth-order valence-corrected chi connectivity index (χ4v) is 2.89. The topological polar surface area (TPSA) is 12.0 Å². The van der Waals surface area contributed by atoms with Crippen LogP contribution < -0.4 is 5.32 Å². The van der Waals surface area contributed by atoms with Gasteiger partial charge in [-0.1, -0.05) is 38.1 Å². The van der Waals surface area contributed by atoms with Crippen molar-refractivity contribution in [3.05, 3.63) is 35.4 Å². The molecule has 0 aromatic heterocycles. The fraction of sp³-hybridized carbons (Fsp3) is 0.529. The van der Waals surface area contributed by atoms with E-state index in [-0.39, 0.29) is 0 Å². The summed E-state index contributed by atoms with van der Waals surface area (Å²) in [6.45, 7) is 5.71. The van der Waals surface area contributed by atoms with Crippen molar-refractivity contribution in [1.29, 1.82) is 0 Å². The molecule has 18 heavy (non-hydrogen) atoms. The van der Waals surface area contributed by atoms with Gasteiger partial charge in [-0.3, -0.25) is 0 Å². The number of hydrogen-bond donors (Lipinski definition) is 1. The lowest BCUT2D eigenvalue weighted by atomic mass is 9.71. The molecule has 1 aliphatic carbocycles. The zero-order valence-corrected chi connectivity index (χ0v) is 11.5. The van der Waals surface area contributed by atoms with Crippen LogP contribution in [0.15, 0.2) is 24.3 Å². The average Bonchev–Trinajstić information content (AvgIpc) is 2.37. The lowest BCUT2D eigenvalue weighted by Gasteiger charge is -2.37. The van der Waals surface area contributed by atoms with Crippen LogP contribution in [0.25, 0.3) is 0 Å². The third-order valence-corrected chi connectivity index (χ3v) is 4.01.